The summed E-state index contributed by atoms with van der Waals surface area (Å²) in [5.41, 5.74) is 0.938. The Morgan fingerprint density at radius 1 is 2.00 bits per heavy atom. The van der Waals surface area contributed by atoms with Crippen LogP contribution >= 0.6 is 0 Å². The van der Waals surface area contributed by atoms with Gasteiger partial charge in [-0.25, -0.2) is 0 Å². The summed E-state index contributed by atoms with van der Waals surface area (Å²) in [4.78, 5) is 0. The van der Waals surface area contributed by atoms with Gasteiger partial charge in [0.2, 0.25) is 0 Å². The van der Waals surface area contributed by atoms with Gasteiger partial charge in [0, 0.05) is 18.2 Å². The predicted molar refractivity (Wildman–Crippen MR) is 30.0 cm³/mol. The van der Waals surface area contributed by atoms with Crippen molar-refractivity contribution >= 4 is 0 Å². The molecule has 0 spiro atoms. The molecule has 1 rings (SSSR count). The number of H-pyrrole nitrogens is 1. The predicted octanol–water partition coefficient (Wildman–Crippen LogP) is 0.386. The van der Waals surface area contributed by atoms with Gasteiger partial charge in [-0.1, -0.05) is 0 Å². The van der Waals surface area contributed by atoms with E-state index in [9.17, 15) is 0 Å². The molecule has 2 nitrogen and oxygen atoms in total. The monoisotopic (exact) mass is 105 g/mol. The summed E-state index contributed by atoms with van der Waals surface area (Å²) in [7, 11) is 0. The SMILES string of the molecule is C#CCc1[c]n[nH]c1. The number of terminal acetylenes is 1. The van der Waals surface area contributed by atoms with E-state index >= 15 is 0 Å². The van der Waals surface area contributed by atoms with E-state index in [2.05, 4.69) is 22.3 Å². The van der Waals surface area contributed by atoms with Crippen LogP contribution in [0.15, 0.2) is 6.20 Å². The molecule has 1 N–H and O–H groups in total. The summed E-state index contributed by atoms with van der Waals surface area (Å²) in [6, 6.07) is 0. The van der Waals surface area contributed by atoms with E-state index in [1.54, 1.807) is 6.20 Å². The molecule has 0 bridgehead atoms. The van der Waals surface area contributed by atoms with Crippen LogP contribution in [0, 0.1) is 18.5 Å². The van der Waals surface area contributed by atoms with Crippen molar-refractivity contribution in [3.63, 3.8) is 0 Å². The molecule has 0 unspecified atom stereocenters. The van der Waals surface area contributed by atoms with Crippen molar-refractivity contribution in [2.75, 3.05) is 0 Å². The molecule has 8 heavy (non-hydrogen) atoms. The van der Waals surface area contributed by atoms with Crippen molar-refractivity contribution in [2.24, 2.45) is 0 Å². The summed E-state index contributed by atoms with van der Waals surface area (Å²) < 4.78 is 0. The van der Waals surface area contributed by atoms with Crippen LogP contribution < -0.4 is 0 Å². The molecule has 0 aliphatic rings. The fraction of sp³-hybridized carbons (Fsp3) is 0.167. The van der Waals surface area contributed by atoms with Gasteiger partial charge in [-0.3, -0.25) is 5.10 Å². The Labute approximate surface area is 47.9 Å². The summed E-state index contributed by atoms with van der Waals surface area (Å²) in [6.07, 6.45) is 10.0. The van der Waals surface area contributed by atoms with E-state index in [4.69, 9.17) is 6.42 Å². The first kappa shape index (κ1) is 4.92. The maximum atomic E-state index is 5.01. The zero-order valence-electron chi connectivity index (χ0n) is 4.31. The third-order valence-electron chi connectivity index (χ3n) is 0.795. The number of rotatable bonds is 1. The van der Waals surface area contributed by atoms with Crippen molar-refractivity contribution in [2.45, 2.75) is 6.42 Å². The molecular formula is C6H5N2. The van der Waals surface area contributed by atoms with E-state index < -0.39 is 0 Å². The second-order valence-electron chi connectivity index (χ2n) is 1.40. The molecule has 0 aliphatic carbocycles. The molecule has 0 atom stereocenters. The van der Waals surface area contributed by atoms with E-state index in [1.807, 2.05) is 0 Å². The van der Waals surface area contributed by atoms with E-state index in [0.29, 0.717) is 6.42 Å². The molecule has 0 aromatic carbocycles. The molecule has 0 saturated carbocycles. The van der Waals surface area contributed by atoms with Crippen molar-refractivity contribution in [3.05, 3.63) is 18.0 Å². The number of hydrogen-bond donors (Lipinski definition) is 1. The first-order valence-corrected chi connectivity index (χ1v) is 2.27. The lowest BCUT2D eigenvalue weighted by atomic mass is 10.3. The highest BCUT2D eigenvalue weighted by molar-refractivity contribution is 5.09. The highest BCUT2D eigenvalue weighted by Crippen LogP contribution is 1.90. The van der Waals surface area contributed by atoms with Crippen LogP contribution in [0.5, 0.6) is 0 Å². The maximum absolute atomic E-state index is 5.01. The van der Waals surface area contributed by atoms with Crippen LogP contribution in [0.2, 0.25) is 0 Å². The second kappa shape index (κ2) is 2.17. The Hall–Kier alpha value is -1.23. The van der Waals surface area contributed by atoms with Crippen LogP contribution in [0.25, 0.3) is 0 Å². The summed E-state index contributed by atoms with van der Waals surface area (Å²) in [5.74, 6) is 2.48. The van der Waals surface area contributed by atoms with Gasteiger partial charge < -0.3 is 0 Å². The lowest BCUT2D eigenvalue weighted by molar-refractivity contribution is 1.08. The highest BCUT2D eigenvalue weighted by Gasteiger charge is 1.86. The number of nitrogens with one attached hydrogen (secondary N) is 1. The van der Waals surface area contributed by atoms with Crippen LogP contribution in [-0.2, 0) is 6.42 Å². The van der Waals surface area contributed by atoms with Gasteiger partial charge in [0.25, 0.3) is 0 Å². The van der Waals surface area contributed by atoms with Crippen molar-refractivity contribution in [1.29, 1.82) is 0 Å². The van der Waals surface area contributed by atoms with Crippen LogP contribution in [0.1, 0.15) is 5.56 Å². The lowest BCUT2D eigenvalue weighted by Gasteiger charge is -1.76. The first-order chi connectivity index (χ1) is 3.93. The quantitative estimate of drug-likeness (QED) is 0.514. The molecule has 1 radical (unpaired) electrons. The molecule has 0 amide bonds. The molecule has 0 fully saturated rings. The first-order valence-electron chi connectivity index (χ1n) is 2.27. The molecule has 1 heterocycles. The Kier molecular flexibility index (Phi) is 1.34. The second-order valence-corrected chi connectivity index (χ2v) is 1.40. The Bertz CT molecular complexity index is 181. The van der Waals surface area contributed by atoms with Gasteiger partial charge in [0.05, 0.1) is 0 Å². The van der Waals surface area contributed by atoms with Gasteiger partial charge in [-0.2, -0.15) is 5.10 Å². The molecule has 1 aromatic rings. The topological polar surface area (TPSA) is 28.7 Å². The molecule has 0 saturated heterocycles. The van der Waals surface area contributed by atoms with Crippen LogP contribution in [0.3, 0.4) is 0 Å². The minimum atomic E-state index is 0.608. The van der Waals surface area contributed by atoms with Gasteiger partial charge >= 0.3 is 0 Å². The van der Waals surface area contributed by atoms with Gasteiger partial charge in [-0.05, 0) is 0 Å². The molecule has 1 aromatic heterocycles. The number of aromatic nitrogens is 2. The summed E-state index contributed by atoms with van der Waals surface area (Å²) >= 11 is 0. The van der Waals surface area contributed by atoms with Crippen molar-refractivity contribution in [1.82, 2.24) is 10.2 Å². The Morgan fingerprint density at radius 3 is 3.38 bits per heavy atom. The minimum absolute atomic E-state index is 0.608. The van der Waals surface area contributed by atoms with Gasteiger partial charge in [0.1, 0.15) is 6.20 Å². The average Bonchev–Trinajstić information content (AvgIpc) is 2.19. The van der Waals surface area contributed by atoms with E-state index in [-0.39, 0.29) is 0 Å². The smallest absolute Gasteiger partial charge is 0.117 e. The molecule has 39 valence electrons. The highest BCUT2D eigenvalue weighted by atomic mass is 15.1. The van der Waals surface area contributed by atoms with Crippen LogP contribution in [0.4, 0.5) is 0 Å². The number of aromatic amines is 1. The fourth-order valence-corrected chi connectivity index (χ4v) is 0.447. The normalized spacial score (nSPS) is 8.38. The molecule has 2 heteroatoms. The number of nitrogens with zero attached hydrogens (tertiary/aromatic N) is 1. The Balaban J connectivity index is 2.67. The zero-order valence-corrected chi connectivity index (χ0v) is 4.31. The third-order valence-corrected chi connectivity index (χ3v) is 0.795. The molecule has 0 aliphatic heterocycles. The Morgan fingerprint density at radius 2 is 2.88 bits per heavy atom. The summed E-state index contributed by atoms with van der Waals surface area (Å²) in [6.45, 7) is 0. The minimum Gasteiger partial charge on any atom is -0.285 e. The maximum Gasteiger partial charge on any atom is 0.117 e. The number of hydrogen-bond acceptors (Lipinski definition) is 1. The summed E-state index contributed by atoms with van der Waals surface area (Å²) in [5, 5.41) is 6.21. The van der Waals surface area contributed by atoms with E-state index in [0.717, 1.165) is 5.56 Å². The standard InChI is InChI=1S/C6H5N2/c1-2-3-6-4-7-8-5-6/h1,4H,3H2,(H,7,8). The fourth-order valence-electron chi connectivity index (χ4n) is 0.447. The average molecular weight is 105 g/mol. The zero-order chi connectivity index (χ0) is 5.82. The van der Waals surface area contributed by atoms with Crippen molar-refractivity contribution in [3.8, 4) is 12.3 Å². The van der Waals surface area contributed by atoms with Crippen molar-refractivity contribution < 1.29 is 0 Å². The van der Waals surface area contributed by atoms with Gasteiger partial charge in [-0.15, -0.1) is 12.3 Å². The molecular weight excluding hydrogens is 100 g/mol. The lowest BCUT2D eigenvalue weighted by Crippen LogP contribution is -1.72. The third kappa shape index (κ3) is 0.881. The largest absolute Gasteiger partial charge is 0.285 e. The van der Waals surface area contributed by atoms with E-state index in [1.165, 1.54) is 0 Å². The van der Waals surface area contributed by atoms with Crippen LogP contribution in [-0.4, -0.2) is 10.2 Å². The van der Waals surface area contributed by atoms with Gasteiger partial charge in [0.15, 0.2) is 0 Å².